The van der Waals surface area contributed by atoms with Gasteiger partial charge in [-0.25, -0.2) is 0 Å². The number of hydrogen-bond donors (Lipinski definition) is 1. The van der Waals surface area contributed by atoms with E-state index >= 15 is 0 Å². The lowest BCUT2D eigenvalue weighted by Crippen LogP contribution is -2.35. The molecule has 0 radical (unpaired) electrons. The second-order valence-electron chi connectivity index (χ2n) is 5.22. The zero-order valence-electron chi connectivity index (χ0n) is 12.2. The molecule has 0 bridgehead atoms. The van der Waals surface area contributed by atoms with E-state index in [4.69, 9.17) is 19.3 Å². The summed E-state index contributed by atoms with van der Waals surface area (Å²) >= 11 is 0. The Morgan fingerprint density at radius 1 is 1.48 bits per heavy atom. The number of ether oxygens (including phenoxy) is 3. The molecule has 1 N–H and O–H groups in total. The van der Waals surface area contributed by atoms with Crippen molar-refractivity contribution >= 4 is 5.97 Å². The Labute approximate surface area is 124 Å². The van der Waals surface area contributed by atoms with E-state index in [-0.39, 0.29) is 12.5 Å². The highest BCUT2D eigenvalue weighted by atomic mass is 16.7. The molecule has 0 amide bonds. The first-order valence-electron chi connectivity index (χ1n) is 6.80. The number of hydrogen-bond acceptors (Lipinski definition) is 4. The van der Waals surface area contributed by atoms with Crippen LogP contribution in [0.15, 0.2) is 36.9 Å². The number of aliphatic carboxylic acids is 1. The summed E-state index contributed by atoms with van der Waals surface area (Å²) in [6.45, 7) is 5.60. The molecule has 0 aromatic heterocycles. The Morgan fingerprint density at radius 2 is 2.14 bits per heavy atom. The van der Waals surface area contributed by atoms with Gasteiger partial charge in [0.25, 0.3) is 0 Å². The third-order valence-corrected chi connectivity index (χ3v) is 3.69. The van der Waals surface area contributed by atoms with Crippen molar-refractivity contribution in [2.24, 2.45) is 0 Å². The standard InChI is InChI=1S/C16H20O5/c1-4-13-16(2,10-9-14(17)18)21-15(20-13)11-5-7-12(19-3)8-6-11/h4-8,13,15H,1,9-10H2,2-3H3,(H,17,18). The second kappa shape index (κ2) is 6.28. The van der Waals surface area contributed by atoms with Crippen molar-refractivity contribution in [1.82, 2.24) is 0 Å². The maximum absolute atomic E-state index is 10.8. The van der Waals surface area contributed by atoms with Crippen molar-refractivity contribution < 1.29 is 24.1 Å². The fourth-order valence-electron chi connectivity index (χ4n) is 2.39. The van der Waals surface area contributed by atoms with Gasteiger partial charge in [0.15, 0.2) is 6.29 Å². The molecule has 0 spiro atoms. The molecule has 0 aliphatic carbocycles. The predicted octanol–water partition coefficient (Wildman–Crippen LogP) is 2.92. The zero-order chi connectivity index (χ0) is 15.5. The average Bonchev–Trinajstić information content (AvgIpc) is 2.83. The molecule has 1 saturated heterocycles. The first-order valence-corrected chi connectivity index (χ1v) is 6.80. The van der Waals surface area contributed by atoms with Gasteiger partial charge in [0.2, 0.25) is 0 Å². The van der Waals surface area contributed by atoms with Gasteiger partial charge in [0, 0.05) is 12.0 Å². The molecule has 1 aromatic rings. The molecular weight excluding hydrogens is 272 g/mol. The first kappa shape index (κ1) is 15.5. The molecule has 1 heterocycles. The summed E-state index contributed by atoms with van der Waals surface area (Å²) in [5.41, 5.74) is 0.173. The topological polar surface area (TPSA) is 65.0 Å². The van der Waals surface area contributed by atoms with Crippen molar-refractivity contribution in [3.05, 3.63) is 42.5 Å². The van der Waals surface area contributed by atoms with Crippen molar-refractivity contribution in [3.63, 3.8) is 0 Å². The Kier molecular flexibility index (Phi) is 4.65. The summed E-state index contributed by atoms with van der Waals surface area (Å²) in [6, 6.07) is 7.40. The molecule has 5 nitrogen and oxygen atoms in total. The molecule has 3 unspecified atom stereocenters. The van der Waals surface area contributed by atoms with Crippen LogP contribution in [0.25, 0.3) is 0 Å². The third-order valence-electron chi connectivity index (χ3n) is 3.69. The molecule has 114 valence electrons. The van der Waals surface area contributed by atoms with Crippen LogP contribution in [0.1, 0.15) is 31.6 Å². The van der Waals surface area contributed by atoms with Crippen molar-refractivity contribution in [1.29, 1.82) is 0 Å². The molecule has 2 rings (SSSR count). The summed E-state index contributed by atoms with van der Waals surface area (Å²) in [5, 5.41) is 8.85. The monoisotopic (exact) mass is 292 g/mol. The SMILES string of the molecule is C=CC1OC(c2ccc(OC)cc2)OC1(C)CCC(=O)O. The quantitative estimate of drug-likeness (QED) is 0.817. The van der Waals surface area contributed by atoms with Gasteiger partial charge >= 0.3 is 5.97 Å². The summed E-state index contributed by atoms with van der Waals surface area (Å²) in [5.74, 6) is -0.0961. The molecule has 3 atom stereocenters. The van der Waals surface area contributed by atoms with Crippen molar-refractivity contribution in [2.45, 2.75) is 37.8 Å². The number of rotatable bonds is 6. The maximum Gasteiger partial charge on any atom is 0.303 e. The first-order chi connectivity index (χ1) is 9.98. The minimum absolute atomic E-state index is 0.0273. The van der Waals surface area contributed by atoms with Crippen LogP contribution in [0.4, 0.5) is 0 Å². The largest absolute Gasteiger partial charge is 0.497 e. The van der Waals surface area contributed by atoms with Gasteiger partial charge in [-0.3, -0.25) is 4.79 Å². The van der Waals surface area contributed by atoms with E-state index in [2.05, 4.69) is 6.58 Å². The van der Waals surface area contributed by atoms with Gasteiger partial charge < -0.3 is 19.3 Å². The van der Waals surface area contributed by atoms with Crippen LogP contribution in [0.2, 0.25) is 0 Å². The van der Waals surface area contributed by atoms with Gasteiger partial charge in [-0.05, 0) is 25.5 Å². The fraction of sp³-hybridized carbons (Fsp3) is 0.438. The van der Waals surface area contributed by atoms with E-state index in [0.29, 0.717) is 6.42 Å². The van der Waals surface area contributed by atoms with Gasteiger partial charge in [0.05, 0.1) is 12.7 Å². The highest BCUT2D eigenvalue weighted by Gasteiger charge is 2.45. The Morgan fingerprint density at radius 3 is 2.67 bits per heavy atom. The number of carboxylic acids is 1. The maximum atomic E-state index is 10.8. The van der Waals surface area contributed by atoms with Crippen LogP contribution in [0.5, 0.6) is 5.75 Å². The van der Waals surface area contributed by atoms with E-state index in [1.807, 2.05) is 31.2 Å². The molecule has 0 saturated carbocycles. The molecule has 5 heteroatoms. The minimum atomic E-state index is -0.851. The molecule has 1 aliphatic heterocycles. The van der Waals surface area contributed by atoms with E-state index in [9.17, 15) is 4.79 Å². The zero-order valence-corrected chi connectivity index (χ0v) is 12.2. The highest BCUT2D eigenvalue weighted by molar-refractivity contribution is 5.66. The summed E-state index contributed by atoms with van der Waals surface area (Å²) in [6.07, 6.45) is 1.18. The molecule has 1 aromatic carbocycles. The lowest BCUT2D eigenvalue weighted by Gasteiger charge is -2.25. The number of carboxylic acid groups (broad SMARTS) is 1. The summed E-state index contributed by atoms with van der Waals surface area (Å²) in [7, 11) is 1.61. The van der Waals surface area contributed by atoms with E-state index in [1.54, 1.807) is 13.2 Å². The number of carbonyl (C=O) groups is 1. The molecule has 21 heavy (non-hydrogen) atoms. The van der Waals surface area contributed by atoms with Crippen LogP contribution < -0.4 is 4.74 Å². The Bertz CT molecular complexity index is 510. The number of benzene rings is 1. The predicted molar refractivity (Wildman–Crippen MR) is 77.2 cm³/mol. The smallest absolute Gasteiger partial charge is 0.303 e. The molecular formula is C16H20O5. The molecule has 1 aliphatic rings. The van der Waals surface area contributed by atoms with Gasteiger partial charge in [-0.15, -0.1) is 6.58 Å². The van der Waals surface area contributed by atoms with Gasteiger partial charge in [0.1, 0.15) is 11.9 Å². The highest BCUT2D eigenvalue weighted by Crippen LogP contribution is 2.41. The summed E-state index contributed by atoms with van der Waals surface area (Å²) in [4.78, 5) is 10.8. The van der Waals surface area contributed by atoms with Crippen molar-refractivity contribution in [2.75, 3.05) is 7.11 Å². The minimum Gasteiger partial charge on any atom is -0.497 e. The van der Waals surface area contributed by atoms with Crippen LogP contribution >= 0.6 is 0 Å². The van der Waals surface area contributed by atoms with Crippen LogP contribution in [0, 0.1) is 0 Å². The van der Waals surface area contributed by atoms with Gasteiger partial charge in [-0.1, -0.05) is 18.2 Å². The van der Waals surface area contributed by atoms with Gasteiger partial charge in [-0.2, -0.15) is 0 Å². The average molecular weight is 292 g/mol. The fourth-order valence-corrected chi connectivity index (χ4v) is 2.39. The lowest BCUT2D eigenvalue weighted by molar-refractivity contribution is -0.139. The van der Waals surface area contributed by atoms with E-state index in [1.165, 1.54) is 0 Å². The van der Waals surface area contributed by atoms with Crippen LogP contribution in [-0.4, -0.2) is 29.9 Å². The van der Waals surface area contributed by atoms with Crippen molar-refractivity contribution in [3.8, 4) is 5.75 Å². The lowest BCUT2D eigenvalue weighted by atomic mass is 9.93. The van der Waals surface area contributed by atoms with Crippen LogP contribution in [-0.2, 0) is 14.3 Å². The normalized spacial score (nSPS) is 28.3. The Hall–Kier alpha value is -1.85. The molecule has 1 fully saturated rings. The number of methoxy groups -OCH3 is 1. The second-order valence-corrected chi connectivity index (χ2v) is 5.22. The van der Waals surface area contributed by atoms with E-state index < -0.39 is 17.9 Å². The Balaban J connectivity index is 2.13. The summed E-state index contributed by atoms with van der Waals surface area (Å²) < 4.78 is 16.9. The van der Waals surface area contributed by atoms with Crippen LogP contribution in [0.3, 0.4) is 0 Å². The third kappa shape index (κ3) is 3.43. The van der Waals surface area contributed by atoms with E-state index in [0.717, 1.165) is 11.3 Å².